The maximum absolute atomic E-state index is 15.3. The molecule has 1 saturated carbocycles. The number of carboxylic acid groups (broad SMARTS) is 1. The van der Waals surface area contributed by atoms with Gasteiger partial charge in [0.05, 0.1) is 17.0 Å². The van der Waals surface area contributed by atoms with Crippen LogP contribution in [0.1, 0.15) is 35.7 Å². The lowest BCUT2D eigenvalue weighted by molar-refractivity contribution is 0.0694. The number of hydrogen-bond acceptors (Lipinski definition) is 4. The van der Waals surface area contributed by atoms with Gasteiger partial charge in [0.1, 0.15) is 17.1 Å². The van der Waals surface area contributed by atoms with E-state index in [1.165, 1.54) is 10.8 Å². The summed E-state index contributed by atoms with van der Waals surface area (Å²) < 4.78 is 36.8. The Hall–Kier alpha value is -2.48. The first-order valence-electron chi connectivity index (χ1n) is 8.50. The average molecular weight is 364 g/mol. The zero-order valence-electron chi connectivity index (χ0n) is 14.2. The van der Waals surface area contributed by atoms with Gasteiger partial charge in [0.25, 0.3) is 0 Å². The Kier molecular flexibility index (Phi) is 3.95. The normalized spacial score (nSPS) is 20.1. The van der Waals surface area contributed by atoms with Gasteiger partial charge in [-0.05, 0) is 25.3 Å². The first-order chi connectivity index (χ1) is 12.4. The van der Waals surface area contributed by atoms with Crippen molar-refractivity contribution in [3.05, 3.63) is 39.7 Å². The summed E-state index contributed by atoms with van der Waals surface area (Å²) in [5, 5.41) is 9.01. The van der Waals surface area contributed by atoms with Crippen LogP contribution < -0.4 is 10.3 Å². The zero-order chi connectivity index (χ0) is 18.6. The molecule has 2 fully saturated rings. The molecule has 1 atom stereocenters. The molecule has 26 heavy (non-hydrogen) atoms. The molecule has 2 aromatic rings. The van der Waals surface area contributed by atoms with Crippen LogP contribution in [0.25, 0.3) is 10.9 Å². The Bertz CT molecular complexity index is 968. The predicted molar refractivity (Wildman–Crippen MR) is 91.0 cm³/mol. The first-order valence-corrected chi connectivity index (χ1v) is 8.50. The fourth-order valence-electron chi connectivity index (χ4n) is 3.64. The number of hydrogen-bond donors (Lipinski definition) is 1. The van der Waals surface area contributed by atoms with E-state index in [1.807, 2.05) is 0 Å². The zero-order valence-corrected chi connectivity index (χ0v) is 14.2. The van der Waals surface area contributed by atoms with Crippen LogP contribution in [0.4, 0.5) is 14.5 Å². The molecule has 2 aliphatic rings. The number of nitrogens with zero attached hydrogens (tertiary/aromatic N) is 2. The molecule has 1 saturated heterocycles. The molecular weight excluding hydrogens is 346 g/mol. The van der Waals surface area contributed by atoms with Crippen molar-refractivity contribution in [2.45, 2.75) is 31.4 Å². The van der Waals surface area contributed by atoms with Crippen molar-refractivity contribution in [3.63, 3.8) is 0 Å². The minimum Gasteiger partial charge on any atom is -0.477 e. The second-order valence-corrected chi connectivity index (χ2v) is 6.83. The number of fused-ring (bicyclic) bond motifs is 1. The van der Waals surface area contributed by atoms with E-state index < -0.39 is 28.6 Å². The molecule has 1 aromatic heterocycles. The Morgan fingerprint density at radius 3 is 2.62 bits per heavy atom. The Labute approximate surface area is 147 Å². The number of pyridine rings is 1. The van der Waals surface area contributed by atoms with E-state index >= 15 is 4.39 Å². The summed E-state index contributed by atoms with van der Waals surface area (Å²) in [4.78, 5) is 25.4. The summed E-state index contributed by atoms with van der Waals surface area (Å²) in [5.74, 6) is -3.09. The first kappa shape index (κ1) is 17.0. The number of methoxy groups -OCH3 is 1. The number of aromatic nitrogens is 1. The van der Waals surface area contributed by atoms with Crippen LogP contribution in [-0.2, 0) is 4.74 Å². The number of carbonyl (C=O) groups is 1. The summed E-state index contributed by atoms with van der Waals surface area (Å²) >= 11 is 0. The lowest BCUT2D eigenvalue weighted by atomic mass is 10.1. The lowest BCUT2D eigenvalue weighted by Crippen LogP contribution is -2.26. The van der Waals surface area contributed by atoms with Gasteiger partial charge >= 0.3 is 5.97 Å². The summed E-state index contributed by atoms with van der Waals surface area (Å²) in [5.41, 5.74) is -1.56. The number of benzene rings is 1. The van der Waals surface area contributed by atoms with Crippen LogP contribution in [0.15, 0.2) is 17.1 Å². The molecule has 6 nitrogen and oxygen atoms in total. The fourth-order valence-corrected chi connectivity index (χ4v) is 3.64. The van der Waals surface area contributed by atoms with Crippen molar-refractivity contribution in [1.82, 2.24) is 4.57 Å². The third kappa shape index (κ3) is 2.56. The van der Waals surface area contributed by atoms with Crippen LogP contribution in [0, 0.1) is 11.6 Å². The van der Waals surface area contributed by atoms with Gasteiger partial charge in [-0.2, -0.15) is 0 Å². The predicted octanol–water partition coefficient (Wildman–Crippen LogP) is 2.54. The fraction of sp³-hybridized carbons (Fsp3) is 0.444. The van der Waals surface area contributed by atoms with E-state index in [9.17, 15) is 19.1 Å². The SMILES string of the molecule is COC1CCN(c2c(F)cc3c(=O)c(C(=O)O)cn(C4CC4)c3c2F)C1. The molecule has 2 heterocycles. The highest BCUT2D eigenvalue weighted by molar-refractivity contribution is 5.94. The van der Waals surface area contributed by atoms with Crippen molar-refractivity contribution in [2.24, 2.45) is 0 Å². The van der Waals surface area contributed by atoms with Gasteiger partial charge in [-0.3, -0.25) is 4.79 Å². The van der Waals surface area contributed by atoms with E-state index in [2.05, 4.69) is 0 Å². The van der Waals surface area contributed by atoms with Gasteiger partial charge in [-0.1, -0.05) is 0 Å². The van der Waals surface area contributed by atoms with Crippen molar-refractivity contribution >= 4 is 22.6 Å². The number of ether oxygens (including phenoxy) is 1. The summed E-state index contributed by atoms with van der Waals surface area (Å²) in [6.45, 7) is 0.801. The van der Waals surface area contributed by atoms with Crippen LogP contribution in [0.3, 0.4) is 0 Å². The van der Waals surface area contributed by atoms with E-state index in [0.29, 0.717) is 19.5 Å². The highest BCUT2D eigenvalue weighted by Gasteiger charge is 2.32. The van der Waals surface area contributed by atoms with Gasteiger partial charge in [-0.15, -0.1) is 0 Å². The standard InChI is InChI=1S/C18H18F2N2O4/c1-26-10-4-5-21(7-10)16-13(19)6-11-15(14(16)20)22(9-2-3-9)8-12(17(11)23)18(24)25/h6,8-10H,2-5,7H2,1H3,(H,24,25). The van der Waals surface area contributed by atoms with E-state index in [-0.39, 0.29) is 28.7 Å². The molecule has 1 unspecified atom stereocenters. The topological polar surface area (TPSA) is 71.8 Å². The lowest BCUT2D eigenvalue weighted by Gasteiger charge is -2.22. The molecule has 8 heteroatoms. The third-order valence-electron chi connectivity index (χ3n) is 5.15. The smallest absolute Gasteiger partial charge is 0.341 e. The van der Waals surface area contributed by atoms with Crippen molar-refractivity contribution < 1.29 is 23.4 Å². The number of carboxylic acids is 1. The van der Waals surface area contributed by atoms with Gasteiger partial charge in [-0.25, -0.2) is 13.6 Å². The molecule has 4 rings (SSSR count). The van der Waals surface area contributed by atoms with E-state index in [4.69, 9.17) is 4.74 Å². The van der Waals surface area contributed by atoms with Crippen LogP contribution in [0.2, 0.25) is 0 Å². The van der Waals surface area contributed by atoms with Crippen LogP contribution in [0.5, 0.6) is 0 Å². The minimum atomic E-state index is -1.40. The molecule has 138 valence electrons. The third-order valence-corrected chi connectivity index (χ3v) is 5.15. The summed E-state index contributed by atoms with van der Waals surface area (Å²) in [6.07, 6.45) is 3.25. The maximum atomic E-state index is 15.3. The van der Waals surface area contributed by atoms with Gasteiger partial charge < -0.3 is 19.3 Å². The number of halogens is 2. The number of rotatable bonds is 4. The molecule has 1 N–H and O–H groups in total. The molecule has 1 aliphatic heterocycles. The Morgan fingerprint density at radius 2 is 2.04 bits per heavy atom. The highest BCUT2D eigenvalue weighted by atomic mass is 19.1. The molecule has 1 aliphatic carbocycles. The maximum Gasteiger partial charge on any atom is 0.341 e. The molecular formula is C18H18F2N2O4. The number of anilines is 1. The largest absolute Gasteiger partial charge is 0.477 e. The summed E-state index contributed by atoms with van der Waals surface area (Å²) in [7, 11) is 1.56. The average Bonchev–Trinajstić information content (AvgIpc) is 3.33. The Morgan fingerprint density at radius 1 is 1.31 bits per heavy atom. The highest BCUT2D eigenvalue weighted by Crippen LogP contribution is 2.40. The van der Waals surface area contributed by atoms with Crippen molar-refractivity contribution in [2.75, 3.05) is 25.1 Å². The van der Waals surface area contributed by atoms with Crippen LogP contribution >= 0.6 is 0 Å². The molecule has 1 aromatic carbocycles. The van der Waals surface area contributed by atoms with E-state index in [0.717, 1.165) is 18.9 Å². The van der Waals surface area contributed by atoms with Gasteiger partial charge in [0.15, 0.2) is 5.82 Å². The second kappa shape index (κ2) is 6.05. The second-order valence-electron chi connectivity index (χ2n) is 6.83. The van der Waals surface area contributed by atoms with Crippen molar-refractivity contribution in [1.29, 1.82) is 0 Å². The molecule has 0 bridgehead atoms. The minimum absolute atomic E-state index is 0.0280. The van der Waals surface area contributed by atoms with Gasteiger partial charge in [0, 0.05) is 32.4 Å². The summed E-state index contributed by atoms with van der Waals surface area (Å²) in [6, 6.07) is 0.885. The van der Waals surface area contributed by atoms with E-state index in [1.54, 1.807) is 12.0 Å². The van der Waals surface area contributed by atoms with Crippen LogP contribution in [-0.4, -0.2) is 41.9 Å². The molecule has 0 radical (unpaired) electrons. The Balaban J connectivity index is 1.97. The quantitative estimate of drug-likeness (QED) is 0.903. The number of aromatic carboxylic acids is 1. The monoisotopic (exact) mass is 364 g/mol. The molecule has 0 spiro atoms. The molecule has 0 amide bonds. The van der Waals surface area contributed by atoms with Crippen molar-refractivity contribution in [3.8, 4) is 0 Å². The van der Waals surface area contributed by atoms with Gasteiger partial charge in [0.2, 0.25) is 5.43 Å².